The number of pyridine rings is 2. The van der Waals surface area contributed by atoms with Gasteiger partial charge >= 0.3 is 0 Å². The molecule has 0 aliphatic carbocycles. The number of carbonyl (C=O) groups is 1. The van der Waals surface area contributed by atoms with Crippen molar-refractivity contribution in [2.24, 2.45) is 0 Å². The first kappa shape index (κ1) is 33.5. The molecule has 1 fully saturated rings. The summed E-state index contributed by atoms with van der Waals surface area (Å²) in [7, 11) is 3.22. The lowest BCUT2D eigenvalue weighted by Crippen LogP contribution is -2.35. The molecule has 0 radical (unpaired) electrons. The van der Waals surface area contributed by atoms with Gasteiger partial charge < -0.3 is 25.2 Å². The molecule has 0 bridgehead atoms. The van der Waals surface area contributed by atoms with E-state index in [1.807, 2.05) is 30.3 Å². The molecule has 3 N–H and O–H groups in total. The zero-order valence-corrected chi connectivity index (χ0v) is 28.5. The SMILES string of the molecule is COc1cc(-c2nccc(-c3cccc(-c4cc(Cl)c(CNC[C@H]5CCC(=O)N5)c(OC)n4)c3Cl)c2Cl)cc2c1CN(CCO)CC2. The van der Waals surface area contributed by atoms with E-state index in [1.54, 1.807) is 26.5 Å². The van der Waals surface area contributed by atoms with Crippen LogP contribution in [0.3, 0.4) is 0 Å². The molecule has 2 aliphatic rings. The number of nitrogens with zero attached hydrogens (tertiary/aromatic N) is 3. The Bertz CT molecular complexity index is 1790. The molecule has 0 saturated carbocycles. The Balaban J connectivity index is 1.30. The fourth-order valence-corrected chi connectivity index (χ4v) is 7.21. The first-order chi connectivity index (χ1) is 22.8. The van der Waals surface area contributed by atoms with Crippen molar-refractivity contribution >= 4 is 40.7 Å². The minimum absolute atomic E-state index is 0.0766. The van der Waals surface area contributed by atoms with E-state index in [1.165, 1.54) is 5.56 Å². The standard InChI is InChI=1S/C35H36Cl3N5O4/c1-46-30-15-21(14-20-9-11-43(12-13-44)19-27(20)30)34-33(38)24(8-10-40-34)23-4-3-5-25(32(23)37)29-16-28(36)26(35(42-29)47-2)18-39-17-22-6-7-31(45)41-22/h3-5,8,10,14-16,22,39,44H,6-7,9,11-13,17-19H2,1-2H3,(H,41,45)/t22-/m1/s1. The van der Waals surface area contributed by atoms with Crippen molar-refractivity contribution in [1.29, 1.82) is 0 Å². The molecule has 2 aromatic carbocycles. The number of aliphatic hydroxyl groups is 1. The van der Waals surface area contributed by atoms with Crippen LogP contribution in [0.4, 0.5) is 0 Å². The number of ether oxygens (including phenoxy) is 2. The third-order valence-electron chi connectivity index (χ3n) is 8.75. The Morgan fingerprint density at radius 2 is 1.85 bits per heavy atom. The Morgan fingerprint density at radius 3 is 2.60 bits per heavy atom. The summed E-state index contributed by atoms with van der Waals surface area (Å²) in [6, 6.07) is 13.5. The van der Waals surface area contributed by atoms with Gasteiger partial charge in [0.2, 0.25) is 11.8 Å². The van der Waals surface area contributed by atoms with Crippen LogP contribution in [0.5, 0.6) is 11.6 Å². The average molecular weight is 697 g/mol. The smallest absolute Gasteiger partial charge is 0.220 e. The van der Waals surface area contributed by atoms with Crippen molar-refractivity contribution in [3.8, 4) is 45.3 Å². The number of amides is 1. The lowest BCUT2D eigenvalue weighted by Gasteiger charge is -2.29. The minimum atomic E-state index is 0.0766. The number of rotatable bonds is 11. The lowest BCUT2D eigenvalue weighted by molar-refractivity contribution is -0.119. The normalized spacial score (nSPS) is 16.2. The van der Waals surface area contributed by atoms with Crippen LogP contribution in [-0.4, -0.2) is 72.4 Å². The van der Waals surface area contributed by atoms with Gasteiger partial charge in [-0.1, -0.05) is 53.0 Å². The number of halogens is 3. The second-order valence-electron chi connectivity index (χ2n) is 11.7. The molecule has 4 heterocycles. The van der Waals surface area contributed by atoms with Crippen LogP contribution in [0.15, 0.2) is 48.7 Å². The molecule has 1 saturated heterocycles. The van der Waals surface area contributed by atoms with Gasteiger partial charge in [-0.2, -0.15) is 0 Å². The van der Waals surface area contributed by atoms with Gasteiger partial charge in [-0.05, 0) is 42.7 Å². The molecule has 9 nitrogen and oxygen atoms in total. The predicted molar refractivity (Wildman–Crippen MR) is 185 cm³/mol. The second kappa shape index (κ2) is 14.8. The molecule has 4 aromatic rings. The fourth-order valence-electron chi connectivity index (χ4n) is 6.32. The van der Waals surface area contributed by atoms with Gasteiger partial charge in [-0.3, -0.25) is 14.7 Å². The van der Waals surface area contributed by atoms with Gasteiger partial charge in [0.15, 0.2) is 0 Å². The van der Waals surface area contributed by atoms with Crippen LogP contribution in [0, 0.1) is 0 Å². The number of hydrogen-bond donors (Lipinski definition) is 3. The quantitative estimate of drug-likeness (QED) is 0.171. The Hall–Kier alpha value is -3.44. The summed E-state index contributed by atoms with van der Waals surface area (Å²) < 4.78 is 11.4. The maximum atomic E-state index is 11.5. The Morgan fingerprint density at radius 1 is 1.04 bits per heavy atom. The molecule has 1 amide bonds. The number of aliphatic hydroxyl groups excluding tert-OH is 1. The zero-order valence-electron chi connectivity index (χ0n) is 26.2. The monoisotopic (exact) mass is 695 g/mol. The van der Waals surface area contributed by atoms with Gasteiger partial charge in [-0.15, -0.1) is 0 Å². The summed E-state index contributed by atoms with van der Waals surface area (Å²) in [5, 5.41) is 17.1. The van der Waals surface area contributed by atoms with Crippen LogP contribution in [0.25, 0.3) is 33.6 Å². The van der Waals surface area contributed by atoms with Gasteiger partial charge in [0.25, 0.3) is 0 Å². The molecule has 1 atom stereocenters. The summed E-state index contributed by atoms with van der Waals surface area (Å²) >= 11 is 21.0. The summed E-state index contributed by atoms with van der Waals surface area (Å²) in [4.78, 5) is 23.2. The highest BCUT2D eigenvalue weighted by Crippen LogP contribution is 2.43. The molecular weight excluding hydrogens is 661 g/mol. The number of hydrogen-bond acceptors (Lipinski definition) is 8. The number of nitrogens with one attached hydrogen (secondary N) is 2. The molecule has 246 valence electrons. The number of methoxy groups -OCH3 is 2. The van der Waals surface area contributed by atoms with Gasteiger partial charge in [0.05, 0.1) is 47.3 Å². The highest BCUT2D eigenvalue weighted by molar-refractivity contribution is 6.39. The molecule has 0 spiro atoms. The molecule has 47 heavy (non-hydrogen) atoms. The maximum Gasteiger partial charge on any atom is 0.220 e. The van der Waals surface area contributed by atoms with Gasteiger partial charge in [-0.25, -0.2) is 4.98 Å². The molecule has 2 aliphatic heterocycles. The first-order valence-corrected chi connectivity index (χ1v) is 16.6. The molecule has 6 rings (SSSR count). The molecule has 2 aromatic heterocycles. The van der Waals surface area contributed by atoms with Crippen molar-refractivity contribution < 1.29 is 19.4 Å². The summed E-state index contributed by atoms with van der Waals surface area (Å²) in [5.41, 5.74) is 7.19. The van der Waals surface area contributed by atoms with Crippen LogP contribution >= 0.6 is 34.8 Å². The van der Waals surface area contributed by atoms with E-state index < -0.39 is 0 Å². The molecule has 0 unspecified atom stereocenters. The van der Waals surface area contributed by atoms with Gasteiger partial charge in [0, 0.05) is 84.8 Å². The predicted octanol–water partition coefficient (Wildman–Crippen LogP) is 6.17. The van der Waals surface area contributed by atoms with Crippen LogP contribution in [0.2, 0.25) is 15.1 Å². The van der Waals surface area contributed by atoms with Crippen molar-refractivity contribution in [2.75, 3.05) is 40.5 Å². The number of β-amino-alcohol motifs (C(OH)–C–C–N with tert-alkyl or cyclic N) is 1. The zero-order chi connectivity index (χ0) is 33.1. The van der Waals surface area contributed by atoms with Crippen molar-refractivity contribution in [1.82, 2.24) is 25.5 Å². The van der Waals surface area contributed by atoms with E-state index in [-0.39, 0.29) is 18.6 Å². The number of fused-ring (bicyclic) bond motifs is 1. The summed E-state index contributed by atoms with van der Waals surface area (Å²) in [6.45, 7) is 3.36. The van der Waals surface area contributed by atoms with E-state index in [0.29, 0.717) is 70.5 Å². The average Bonchev–Trinajstić information content (AvgIpc) is 3.50. The van der Waals surface area contributed by atoms with E-state index in [2.05, 4.69) is 26.6 Å². The van der Waals surface area contributed by atoms with Crippen LogP contribution in [-0.2, 0) is 24.3 Å². The summed E-state index contributed by atoms with van der Waals surface area (Å²) in [6.07, 6.45) is 3.91. The van der Waals surface area contributed by atoms with Crippen molar-refractivity contribution in [3.05, 3.63) is 80.4 Å². The number of aromatic nitrogens is 2. The lowest BCUT2D eigenvalue weighted by atomic mass is 9.94. The third-order valence-corrected chi connectivity index (χ3v) is 9.87. The van der Waals surface area contributed by atoms with E-state index in [0.717, 1.165) is 53.0 Å². The van der Waals surface area contributed by atoms with Crippen LogP contribution < -0.4 is 20.1 Å². The number of benzene rings is 2. The maximum absolute atomic E-state index is 11.5. The topological polar surface area (TPSA) is 109 Å². The Kier molecular flexibility index (Phi) is 10.5. The van der Waals surface area contributed by atoms with Crippen LogP contribution in [0.1, 0.15) is 29.5 Å². The van der Waals surface area contributed by atoms with E-state index in [4.69, 9.17) is 49.3 Å². The van der Waals surface area contributed by atoms with E-state index >= 15 is 0 Å². The fraction of sp³-hybridized carbons (Fsp3) is 0.343. The first-order valence-electron chi connectivity index (χ1n) is 15.5. The molecule has 12 heteroatoms. The highest BCUT2D eigenvalue weighted by atomic mass is 35.5. The summed E-state index contributed by atoms with van der Waals surface area (Å²) in [5.74, 6) is 1.24. The highest BCUT2D eigenvalue weighted by Gasteiger charge is 2.24. The Labute approximate surface area is 289 Å². The largest absolute Gasteiger partial charge is 0.496 e. The van der Waals surface area contributed by atoms with Gasteiger partial charge in [0.1, 0.15) is 5.75 Å². The van der Waals surface area contributed by atoms with Crippen molar-refractivity contribution in [3.63, 3.8) is 0 Å². The van der Waals surface area contributed by atoms with Crippen molar-refractivity contribution in [2.45, 2.75) is 38.4 Å². The number of carbonyl (C=O) groups excluding carboxylic acids is 1. The third kappa shape index (κ3) is 7.06. The molecular formula is C35H36Cl3N5O4. The second-order valence-corrected chi connectivity index (χ2v) is 12.8. The van der Waals surface area contributed by atoms with E-state index in [9.17, 15) is 9.90 Å². The minimum Gasteiger partial charge on any atom is -0.496 e.